The Morgan fingerprint density at radius 2 is 1.94 bits per heavy atom. The fourth-order valence-corrected chi connectivity index (χ4v) is 4.48. The molecule has 162 valence electrons. The van der Waals surface area contributed by atoms with Gasteiger partial charge in [0.1, 0.15) is 0 Å². The number of nitrogens with zero attached hydrogens (tertiary/aromatic N) is 2. The van der Waals surface area contributed by atoms with Gasteiger partial charge in [0, 0.05) is 12.1 Å². The van der Waals surface area contributed by atoms with Gasteiger partial charge < -0.3 is 9.47 Å². The minimum atomic E-state index is -0.499. The molecule has 0 unspecified atom stereocenters. The molecule has 0 N–H and O–H groups in total. The van der Waals surface area contributed by atoms with Crippen molar-refractivity contribution in [2.75, 3.05) is 13.7 Å². The van der Waals surface area contributed by atoms with Crippen LogP contribution in [-0.2, 0) is 11.3 Å². The van der Waals surface area contributed by atoms with Gasteiger partial charge >= 0.3 is 0 Å². The molecule has 0 radical (unpaired) electrons. The number of rotatable bonds is 8. The van der Waals surface area contributed by atoms with Crippen LogP contribution in [0.25, 0.3) is 6.08 Å². The molecule has 0 aliphatic carbocycles. The third-order valence-electron chi connectivity index (χ3n) is 4.36. The van der Waals surface area contributed by atoms with Crippen LogP contribution in [0.15, 0.2) is 41.3 Å². The van der Waals surface area contributed by atoms with Crippen molar-refractivity contribution >= 4 is 57.3 Å². The molecule has 31 heavy (non-hydrogen) atoms. The second-order valence-corrected chi connectivity index (χ2v) is 8.73. The number of nitro groups is 1. The van der Waals surface area contributed by atoms with Crippen molar-refractivity contribution in [3.63, 3.8) is 0 Å². The Balaban J connectivity index is 1.81. The van der Waals surface area contributed by atoms with E-state index in [4.69, 9.17) is 9.47 Å². The Morgan fingerprint density at radius 3 is 2.55 bits per heavy atom. The van der Waals surface area contributed by atoms with Gasteiger partial charge in [-0.05, 0) is 70.1 Å². The predicted molar refractivity (Wildman–Crippen MR) is 126 cm³/mol. The summed E-state index contributed by atoms with van der Waals surface area (Å²) in [6, 6.07) is 9.39. The lowest BCUT2D eigenvalue weighted by Gasteiger charge is -2.13. The normalized spacial score (nSPS) is 14.9. The van der Waals surface area contributed by atoms with E-state index in [9.17, 15) is 19.7 Å². The second kappa shape index (κ2) is 10.1. The lowest BCUT2D eigenvalue weighted by Crippen LogP contribution is -2.27. The predicted octanol–water partition coefficient (Wildman–Crippen LogP) is 5.23. The van der Waals surface area contributed by atoms with E-state index in [0.29, 0.717) is 34.1 Å². The number of benzene rings is 2. The number of thioether (sulfide) groups is 1. The van der Waals surface area contributed by atoms with Crippen molar-refractivity contribution in [1.29, 1.82) is 0 Å². The molecule has 1 fully saturated rings. The molecule has 2 aromatic carbocycles. The van der Waals surface area contributed by atoms with Crippen LogP contribution in [-0.4, -0.2) is 34.7 Å². The van der Waals surface area contributed by atoms with Gasteiger partial charge in [0.05, 0.1) is 33.7 Å². The van der Waals surface area contributed by atoms with Crippen LogP contribution in [0.3, 0.4) is 0 Å². The Labute approximate surface area is 196 Å². The monoisotopic (exact) mass is 554 g/mol. The molecule has 1 heterocycles. The van der Waals surface area contributed by atoms with Crippen molar-refractivity contribution in [1.82, 2.24) is 4.90 Å². The number of carbonyl (C=O) groups is 2. The highest BCUT2D eigenvalue weighted by atomic mass is 127. The van der Waals surface area contributed by atoms with E-state index in [1.54, 1.807) is 19.3 Å². The fourth-order valence-electron chi connectivity index (χ4n) is 2.86. The zero-order valence-corrected chi connectivity index (χ0v) is 19.8. The summed E-state index contributed by atoms with van der Waals surface area (Å²) in [4.78, 5) is 36.9. The molecule has 0 saturated carbocycles. The number of hydrogen-bond donors (Lipinski definition) is 0. The average Bonchev–Trinajstić information content (AvgIpc) is 3.00. The third-order valence-corrected chi connectivity index (χ3v) is 6.07. The van der Waals surface area contributed by atoms with Gasteiger partial charge in [-0.2, -0.15) is 0 Å². The summed E-state index contributed by atoms with van der Waals surface area (Å²) in [6.07, 6.45) is 2.51. The number of carbonyl (C=O) groups excluding carboxylic acids is 2. The van der Waals surface area contributed by atoms with Gasteiger partial charge in [-0.1, -0.05) is 19.1 Å². The maximum Gasteiger partial charge on any atom is 0.293 e. The highest BCUT2D eigenvalue weighted by molar-refractivity contribution is 14.1. The van der Waals surface area contributed by atoms with Crippen LogP contribution in [0.1, 0.15) is 24.5 Å². The molecule has 1 aliphatic rings. The molecule has 0 aromatic heterocycles. The third kappa shape index (κ3) is 5.37. The van der Waals surface area contributed by atoms with E-state index in [2.05, 4.69) is 22.6 Å². The lowest BCUT2D eigenvalue weighted by molar-refractivity contribution is -0.384. The van der Waals surface area contributed by atoms with E-state index in [-0.39, 0.29) is 17.5 Å². The van der Waals surface area contributed by atoms with E-state index in [0.717, 1.165) is 26.7 Å². The molecule has 0 bridgehead atoms. The van der Waals surface area contributed by atoms with Gasteiger partial charge in [-0.25, -0.2) is 0 Å². The number of methoxy groups -OCH3 is 1. The number of nitro benzene ring substituents is 1. The molecule has 1 saturated heterocycles. The molecule has 10 heteroatoms. The molecule has 2 aromatic rings. The zero-order chi connectivity index (χ0) is 22.5. The number of halogens is 1. The highest BCUT2D eigenvalue weighted by Gasteiger charge is 2.35. The van der Waals surface area contributed by atoms with Gasteiger partial charge in [-0.3, -0.25) is 24.6 Å². The zero-order valence-electron chi connectivity index (χ0n) is 16.8. The molecule has 0 atom stereocenters. The molecule has 3 rings (SSSR count). The van der Waals surface area contributed by atoms with Crippen molar-refractivity contribution in [2.45, 2.75) is 19.9 Å². The van der Waals surface area contributed by atoms with E-state index in [1.807, 2.05) is 13.0 Å². The van der Waals surface area contributed by atoms with Crippen LogP contribution < -0.4 is 9.47 Å². The van der Waals surface area contributed by atoms with Crippen LogP contribution >= 0.6 is 34.4 Å². The molecule has 8 nitrogen and oxygen atoms in total. The molecular formula is C21H19IN2O6S. The van der Waals surface area contributed by atoms with Crippen molar-refractivity contribution in [3.8, 4) is 11.5 Å². The minimum Gasteiger partial charge on any atom is -0.493 e. The summed E-state index contributed by atoms with van der Waals surface area (Å²) in [5, 5.41) is 10.4. The summed E-state index contributed by atoms with van der Waals surface area (Å²) in [6.45, 7) is 2.62. The Morgan fingerprint density at radius 1 is 1.23 bits per heavy atom. The summed E-state index contributed by atoms with van der Waals surface area (Å²) in [5.74, 6) is 0.790. The van der Waals surface area contributed by atoms with E-state index < -0.39 is 10.8 Å². The van der Waals surface area contributed by atoms with Crippen LogP contribution in [0.2, 0.25) is 0 Å². The fraction of sp³-hybridized carbons (Fsp3) is 0.238. The summed E-state index contributed by atoms with van der Waals surface area (Å²) in [7, 11) is 1.55. The average molecular weight is 554 g/mol. The maximum absolute atomic E-state index is 12.8. The van der Waals surface area contributed by atoms with Crippen molar-refractivity contribution < 1.29 is 24.0 Å². The number of amides is 2. The van der Waals surface area contributed by atoms with Gasteiger partial charge in [-0.15, -0.1) is 0 Å². The maximum atomic E-state index is 12.8. The number of imide groups is 1. The van der Waals surface area contributed by atoms with Crippen molar-refractivity contribution in [3.05, 3.63) is 66.1 Å². The Kier molecular flexibility index (Phi) is 7.55. The first-order valence-electron chi connectivity index (χ1n) is 9.33. The Hall–Kier alpha value is -2.60. The molecular weight excluding hydrogens is 535 g/mol. The molecule has 0 spiro atoms. The van der Waals surface area contributed by atoms with E-state index >= 15 is 0 Å². The number of hydrogen-bond acceptors (Lipinski definition) is 7. The van der Waals surface area contributed by atoms with Crippen LogP contribution in [0, 0.1) is 13.7 Å². The van der Waals surface area contributed by atoms with E-state index in [1.165, 1.54) is 24.3 Å². The summed E-state index contributed by atoms with van der Waals surface area (Å²) < 4.78 is 12.0. The first kappa shape index (κ1) is 23.1. The van der Waals surface area contributed by atoms with Gasteiger partial charge in [0.2, 0.25) is 0 Å². The summed E-state index contributed by atoms with van der Waals surface area (Å²) >= 11 is 3.00. The van der Waals surface area contributed by atoms with Crippen LogP contribution in [0.4, 0.5) is 10.5 Å². The first-order valence-corrected chi connectivity index (χ1v) is 11.2. The number of non-ortho nitro benzene ring substituents is 1. The van der Waals surface area contributed by atoms with Crippen molar-refractivity contribution in [2.24, 2.45) is 0 Å². The van der Waals surface area contributed by atoms with Gasteiger partial charge in [0.25, 0.3) is 16.8 Å². The number of ether oxygens (including phenoxy) is 2. The van der Waals surface area contributed by atoms with Gasteiger partial charge in [0.15, 0.2) is 11.5 Å². The Bertz CT molecular complexity index is 1050. The standard InChI is InChI=1S/C21H19IN2O6S/c1-3-8-30-19-16(22)9-14(10-17(19)29-2)11-18-20(25)23(21(26)31-18)12-13-4-6-15(7-5-13)24(27)28/h4-7,9-11H,3,8,12H2,1-2H3/b18-11-. The largest absolute Gasteiger partial charge is 0.493 e. The minimum absolute atomic E-state index is 0.0463. The smallest absolute Gasteiger partial charge is 0.293 e. The quantitative estimate of drug-likeness (QED) is 0.191. The topological polar surface area (TPSA) is 99.0 Å². The summed E-state index contributed by atoms with van der Waals surface area (Å²) in [5.41, 5.74) is 1.29. The van der Waals surface area contributed by atoms with Crippen LogP contribution in [0.5, 0.6) is 11.5 Å². The lowest BCUT2D eigenvalue weighted by atomic mass is 10.1. The first-order chi connectivity index (χ1) is 14.8. The molecule has 2 amide bonds. The molecule has 1 aliphatic heterocycles. The SMILES string of the molecule is CCCOc1c(I)cc(/C=C2\SC(=O)N(Cc3ccc([N+](=O)[O-])cc3)C2=O)cc1OC. The highest BCUT2D eigenvalue weighted by Crippen LogP contribution is 2.37. The second-order valence-electron chi connectivity index (χ2n) is 6.57.